The normalized spacial score (nSPS) is 11.0. The van der Waals surface area contributed by atoms with Crippen molar-refractivity contribution in [1.29, 1.82) is 0 Å². The Hall–Kier alpha value is -2.21. The Morgan fingerprint density at radius 2 is 2.33 bits per heavy atom. The number of aromatic nitrogens is 2. The third-order valence-electron chi connectivity index (χ3n) is 3.31. The third kappa shape index (κ3) is 2.67. The largest absolute Gasteiger partial charge is 0.351 e. The summed E-state index contributed by atoms with van der Waals surface area (Å²) in [5.74, 6) is 0.380. The number of rotatable bonds is 4. The molecule has 0 aliphatic rings. The van der Waals surface area contributed by atoms with Gasteiger partial charge in [-0.05, 0) is 24.6 Å². The van der Waals surface area contributed by atoms with Crippen LogP contribution in [0, 0.1) is 12.7 Å². The highest BCUT2D eigenvalue weighted by Crippen LogP contribution is 2.32. The SMILES string of the molecule is Cc1c(C(=O)NCCc2ncc[nH]2)sc2cccc(F)c12. The number of benzene rings is 1. The number of H-pyrrole nitrogens is 1. The van der Waals surface area contributed by atoms with Gasteiger partial charge in [0.05, 0.1) is 4.88 Å². The van der Waals surface area contributed by atoms with Crippen molar-refractivity contribution in [3.63, 3.8) is 0 Å². The van der Waals surface area contributed by atoms with E-state index < -0.39 is 0 Å². The van der Waals surface area contributed by atoms with Crippen molar-refractivity contribution in [2.45, 2.75) is 13.3 Å². The van der Waals surface area contributed by atoms with E-state index in [2.05, 4.69) is 15.3 Å². The highest BCUT2D eigenvalue weighted by atomic mass is 32.1. The van der Waals surface area contributed by atoms with E-state index in [1.807, 2.05) is 6.07 Å². The van der Waals surface area contributed by atoms with Crippen LogP contribution in [0.25, 0.3) is 10.1 Å². The molecule has 4 nitrogen and oxygen atoms in total. The van der Waals surface area contributed by atoms with Gasteiger partial charge in [0, 0.05) is 35.4 Å². The van der Waals surface area contributed by atoms with Gasteiger partial charge in [0.25, 0.3) is 5.91 Å². The molecule has 3 aromatic rings. The molecular weight excluding hydrogens is 289 g/mol. The van der Waals surface area contributed by atoms with Gasteiger partial charge in [0.1, 0.15) is 11.6 Å². The molecule has 0 radical (unpaired) electrons. The highest BCUT2D eigenvalue weighted by molar-refractivity contribution is 7.21. The molecule has 0 aliphatic heterocycles. The number of aromatic amines is 1. The van der Waals surface area contributed by atoms with Gasteiger partial charge in [-0.25, -0.2) is 9.37 Å². The van der Waals surface area contributed by atoms with Crippen LogP contribution >= 0.6 is 11.3 Å². The summed E-state index contributed by atoms with van der Waals surface area (Å²) in [5, 5.41) is 3.39. The molecule has 0 bridgehead atoms. The maximum atomic E-state index is 13.8. The lowest BCUT2D eigenvalue weighted by Crippen LogP contribution is -2.25. The van der Waals surface area contributed by atoms with Crippen LogP contribution in [0.5, 0.6) is 0 Å². The fourth-order valence-corrected chi connectivity index (χ4v) is 3.42. The summed E-state index contributed by atoms with van der Waals surface area (Å²) in [5.41, 5.74) is 0.698. The van der Waals surface area contributed by atoms with Crippen LogP contribution in [0.1, 0.15) is 21.1 Å². The standard InChI is InChI=1S/C15H14FN3OS/c1-9-13-10(16)3-2-4-11(13)21-14(9)15(20)19-6-5-12-17-7-8-18-12/h2-4,7-8H,5-6H2,1H3,(H,17,18)(H,19,20). The van der Waals surface area contributed by atoms with E-state index >= 15 is 0 Å². The smallest absolute Gasteiger partial charge is 0.261 e. The van der Waals surface area contributed by atoms with Crippen LogP contribution in [0.4, 0.5) is 4.39 Å². The van der Waals surface area contributed by atoms with Crippen molar-refractivity contribution in [2.24, 2.45) is 0 Å². The molecule has 108 valence electrons. The van der Waals surface area contributed by atoms with Crippen LogP contribution in [0.3, 0.4) is 0 Å². The Labute approximate surface area is 125 Å². The Morgan fingerprint density at radius 3 is 3.05 bits per heavy atom. The number of amides is 1. The van der Waals surface area contributed by atoms with Crippen molar-refractivity contribution >= 4 is 27.3 Å². The Kier molecular flexibility index (Phi) is 3.70. The summed E-state index contributed by atoms with van der Waals surface area (Å²) in [6.45, 7) is 2.27. The molecule has 1 amide bonds. The first-order valence-corrected chi connectivity index (χ1v) is 7.42. The van der Waals surface area contributed by atoms with E-state index in [9.17, 15) is 9.18 Å². The number of nitrogens with zero attached hydrogens (tertiary/aromatic N) is 1. The number of hydrogen-bond acceptors (Lipinski definition) is 3. The fraction of sp³-hybridized carbons (Fsp3) is 0.200. The second kappa shape index (κ2) is 5.65. The van der Waals surface area contributed by atoms with Crippen molar-refractivity contribution in [1.82, 2.24) is 15.3 Å². The molecule has 2 aromatic heterocycles. The number of hydrogen-bond donors (Lipinski definition) is 2. The van der Waals surface area contributed by atoms with Crippen molar-refractivity contribution in [3.8, 4) is 0 Å². The molecule has 0 atom stereocenters. The number of carbonyl (C=O) groups excluding carboxylic acids is 1. The van der Waals surface area contributed by atoms with Gasteiger partial charge in [-0.15, -0.1) is 11.3 Å². The average Bonchev–Trinajstić information content (AvgIpc) is 3.08. The lowest BCUT2D eigenvalue weighted by atomic mass is 10.1. The monoisotopic (exact) mass is 303 g/mol. The molecule has 0 saturated carbocycles. The second-order valence-electron chi connectivity index (χ2n) is 4.71. The molecule has 2 heterocycles. The zero-order chi connectivity index (χ0) is 14.8. The van der Waals surface area contributed by atoms with Gasteiger partial charge in [0.15, 0.2) is 0 Å². The molecule has 1 aromatic carbocycles. The first-order valence-electron chi connectivity index (χ1n) is 6.61. The van der Waals surface area contributed by atoms with E-state index in [0.717, 1.165) is 10.5 Å². The number of fused-ring (bicyclic) bond motifs is 1. The lowest BCUT2D eigenvalue weighted by Gasteiger charge is -2.03. The minimum absolute atomic E-state index is 0.167. The van der Waals surface area contributed by atoms with Gasteiger partial charge in [-0.1, -0.05) is 6.07 Å². The molecule has 3 rings (SSSR count). The van der Waals surface area contributed by atoms with E-state index in [0.29, 0.717) is 28.8 Å². The fourth-order valence-electron chi connectivity index (χ4n) is 2.28. The third-order valence-corrected chi connectivity index (χ3v) is 4.57. The Bertz CT molecular complexity index is 780. The predicted molar refractivity (Wildman–Crippen MR) is 81.1 cm³/mol. The highest BCUT2D eigenvalue weighted by Gasteiger charge is 2.17. The first-order chi connectivity index (χ1) is 10.2. The topological polar surface area (TPSA) is 57.8 Å². The average molecular weight is 303 g/mol. The predicted octanol–water partition coefficient (Wildman–Crippen LogP) is 3.04. The zero-order valence-electron chi connectivity index (χ0n) is 11.4. The number of nitrogens with one attached hydrogen (secondary N) is 2. The molecule has 0 fully saturated rings. The van der Waals surface area contributed by atoms with E-state index in [-0.39, 0.29) is 11.7 Å². The van der Waals surface area contributed by atoms with E-state index in [4.69, 9.17) is 0 Å². The number of halogens is 1. The molecule has 0 unspecified atom stereocenters. The number of aryl methyl sites for hydroxylation is 1. The van der Waals surface area contributed by atoms with Gasteiger partial charge in [0.2, 0.25) is 0 Å². The number of thiophene rings is 1. The molecule has 0 spiro atoms. The molecular formula is C15H14FN3OS. The Balaban J connectivity index is 1.75. The number of carbonyl (C=O) groups is 1. The van der Waals surface area contributed by atoms with Crippen molar-refractivity contribution < 1.29 is 9.18 Å². The van der Waals surface area contributed by atoms with Gasteiger partial charge in [-0.3, -0.25) is 4.79 Å². The van der Waals surface area contributed by atoms with Gasteiger partial charge < -0.3 is 10.3 Å². The van der Waals surface area contributed by atoms with E-state index in [1.54, 1.807) is 25.4 Å². The maximum Gasteiger partial charge on any atom is 0.261 e. The minimum atomic E-state index is -0.282. The summed E-state index contributed by atoms with van der Waals surface area (Å²) in [6.07, 6.45) is 4.06. The summed E-state index contributed by atoms with van der Waals surface area (Å²) in [4.78, 5) is 19.9. The molecule has 2 N–H and O–H groups in total. The van der Waals surface area contributed by atoms with E-state index in [1.165, 1.54) is 17.4 Å². The molecule has 0 aliphatic carbocycles. The Morgan fingerprint density at radius 1 is 1.48 bits per heavy atom. The van der Waals surface area contributed by atoms with Gasteiger partial charge >= 0.3 is 0 Å². The zero-order valence-corrected chi connectivity index (χ0v) is 12.3. The van der Waals surface area contributed by atoms with Crippen LogP contribution in [0.15, 0.2) is 30.6 Å². The molecule has 21 heavy (non-hydrogen) atoms. The number of imidazole rings is 1. The van der Waals surface area contributed by atoms with Gasteiger partial charge in [-0.2, -0.15) is 0 Å². The minimum Gasteiger partial charge on any atom is -0.351 e. The maximum absolute atomic E-state index is 13.8. The quantitative estimate of drug-likeness (QED) is 0.778. The molecule has 0 saturated heterocycles. The van der Waals surface area contributed by atoms with Crippen LogP contribution in [0.2, 0.25) is 0 Å². The summed E-state index contributed by atoms with van der Waals surface area (Å²) in [6, 6.07) is 4.91. The van der Waals surface area contributed by atoms with Crippen LogP contribution in [-0.2, 0) is 6.42 Å². The summed E-state index contributed by atoms with van der Waals surface area (Å²) >= 11 is 1.32. The van der Waals surface area contributed by atoms with Crippen LogP contribution in [-0.4, -0.2) is 22.4 Å². The summed E-state index contributed by atoms with van der Waals surface area (Å²) < 4.78 is 14.6. The molecule has 6 heteroatoms. The lowest BCUT2D eigenvalue weighted by molar-refractivity contribution is 0.0957. The first kappa shape index (κ1) is 13.8. The van der Waals surface area contributed by atoms with Crippen LogP contribution < -0.4 is 5.32 Å². The van der Waals surface area contributed by atoms with Crippen molar-refractivity contribution in [2.75, 3.05) is 6.54 Å². The second-order valence-corrected chi connectivity index (χ2v) is 5.76. The summed E-state index contributed by atoms with van der Waals surface area (Å²) in [7, 11) is 0. The van der Waals surface area contributed by atoms with Crippen molar-refractivity contribution in [3.05, 3.63) is 52.7 Å².